The maximum atomic E-state index is 12.1. The number of likely N-dealkylation sites (N-methyl/N-ethyl adjacent to an activating group) is 1. The molecule has 7 heteroatoms. The molecule has 1 aromatic heterocycles. The van der Waals surface area contributed by atoms with Crippen LogP contribution < -0.4 is 0 Å². The standard InChI is InChI=1S/C16H16ClNO3S2/c1-18(8-11-5-6-23-10-11)15(19)9-21-16(20)13-7-12(22-2)3-4-14(13)17/h3-7,10H,8-9H2,1-2H3. The quantitative estimate of drug-likeness (QED) is 0.571. The number of carbonyl (C=O) groups excluding carboxylic acids is 2. The van der Waals surface area contributed by atoms with E-state index in [-0.39, 0.29) is 18.1 Å². The Morgan fingerprint density at radius 1 is 1.35 bits per heavy atom. The summed E-state index contributed by atoms with van der Waals surface area (Å²) in [6.45, 7) is 0.182. The lowest BCUT2D eigenvalue weighted by Gasteiger charge is -2.16. The van der Waals surface area contributed by atoms with Crippen molar-refractivity contribution in [2.24, 2.45) is 0 Å². The summed E-state index contributed by atoms with van der Waals surface area (Å²) in [5.41, 5.74) is 1.32. The molecular weight excluding hydrogens is 354 g/mol. The van der Waals surface area contributed by atoms with E-state index in [1.807, 2.05) is 29.1 Å². The highest BCUT2D eigenvalue weighted by Crippen LogP contribution is 2.23. The zero-order chi connectivity index (χ0) is 16.8. The van der Waals surface area contributed by atoms with Gasteiger partial charge in [-0.1, -0.05) is 11.6 Å². The van der Waals surface area contributed by atoms with Gasteiger partial charge < -0.3 is 9.64 Å². The van der Waals surface area contributed by atoms with Crippen molar-refractivity contribution in [3.63, 3.8) is 0 Å². The van der Waals surface area contributed by atoms with E-state index in [2.05, 4.69) is 0 Å². The highest BCUT2D eigenvalue weighted by Gasteiger charge is 2.16. The van der Waals surface area contributed by atoms with Crippen LogP contribution >= 0.6 is 34.7 Å². The number of hydrogen-bond donors (Lipinski definition) is 0. The number of thioether (sulfide) groups is 1. The Morgan fingerprint density at radius 2 is 2.13 bits per heavy atom. The van der Waals surface area contributed by atoms with Crippen molar-refractivity contribution in [1.29, 1.82) is 0 Å². The van der Waals surface area contributed by atoms with E-state index in [4.69, 9.17) is 16.3 Å². The van der Waals surface area contributed by atoms with Crippen LogP contribution in [0.4, 0.5) is 0 Å². The molecule has 0 fully saturated rings. The van der Waals surface area contributed by atoms with Gasteiger partial charge >= 0.3 is 5.97 Å². The van der Waals surface area contributed by atoms with Crippen molar-refractivity contribution >= 4 is 46.6 Å². The summed E-state index contributed by atoms with van der Waals surface area (Å²) < 4.78 is 5.09. The molecular formula is C16H16ClNO3S2. The highest BCUT2D eigenvalue weighted by molar-refractivity contribution is 7.98. The van der Waals surface area contributed by atoms with Crippen LogP contribution in [0, 0.1) is 0 Å². The molecule has 0 saturated heterocycles. The number of esters is 1. The van der Waals surface area contributed by atoms with Gasteiger partial charge in [-0.25, -0.2) is 4.79 Å². The smallest absolute Gasteiger partial charge is 0.340 e. The Hall–Kier alpha value is -1.50. The molecule has 0 saturated carbocycles. The maximum Gasteiger partial charge on any atom is 0.340 e. The summed E-state index contributed by atoms with van der Waals surface area (Å²) in [5.74, 6) is -0.857. The van der Waals surface area contributed by atoms with Crippen LogP contribution in [-0.4, -0.2) is 36.7 Å². The fourth-order valence-corrected chi connectivity index (χ4v) is 3.14. The summed E-state index contributed by atoms with van der Waals surface area (Å²) >= 11 is 9.09. The molecule has 122 valence electrons. The van der Waals surface area contributed by atoms with Crippen molar-refractivity contribution in [2.45, 2.75) is 11.4 Å². The minimum Gasteiger partial charge on any atom is -0.452 e. The topological polar surface area (TPSA) is 46.6 Å². The fourth-order valence-electron chi connectivity index (χ4n) is 1.85. The van der Waals surface area contributed by atoms with Gasteiger partial charge in [-0.05, 0) is 46.8 Å². The van der Waals surface area contributed by atoms with Gasteiger partial charge in [-0.3, -0.25) is 4.79 Å². The van der Waals surface area contributed by atoms with E-state index >= 15 is 0 Å². The van der Waals surface area contributed by atoms with Gasteiger partial charge in [0, 0.05) is 18.5 Å². The zero-order valence-electron chi connectivity index (χ0n) is 12.7. The summed E-state index contributed by atoms with van der Waals surface area (Å²) in [7, 11) is 1.68. The van der Waals surface area contributed by atoms with Gasteiger partial charge in [0.05, 0.1) is 10.6 Å². The molecule has 4 nitrogen and oxygen atoms in total. The first-order valence-corrected chi connectivity index (χ1v) is 9.31. The minimum absolute atomic E-state index is 0.262. The molecule has 1 heterocycles. The Kier molecular flexibility index (Phi) is 6.50. The van der Waals surface area contributed by atoms with E-state index in [0.717, 1.165) is 10.5 Å². The second-order valence-electron chi connectivity index (χ2n) is 4.80. The van der Waals surface area contributed by atoms with Crippen LogP contribution in [0.3, 0.4) is 0 Å². The van der Waals surface area contributed by atoms with Gasteiger partial charge in [-0.2, -0.15) is 11.3 Å². The molecule has 23 heavy (non-hydrogen) atoms. The molecule has 0 unspecified atom stereocenters. The monoisotopic (exact) mass is 369 g/mol. The molecule has 0 N–H and O–H groups in total. The molecule has 1 amide bonds. The summed E-state index contributed by atoms with van der Waals surface area (Å²) in [4.78, 5) is 26.5. The average Bonchev–Trinajstić information content (AvgIpc) is 3.05. The first kappa shape index (κ1) is 17.8. The number of halogens is 1. The molecule has 0 aliphatic heterocycles. The number of thiophene rings is 1. The molecule has 0 radical (unpaired) electrons. The van der Waals surface area contributed by atoms with Crippen molar-refractivity contribution in [3.8, 4) is 0 Å². The third-order valence-corrected chi connectivity index (χ3v) is 4.93. The first-order chi connectivity index (χ1) is 11.0. The van der Waals surface area contributed by atoms with Gasteiger partial charge in [-0.15, -0.1) is 11.8 Å². The van der Waals surface area contributed by atoms with Crippen molar-refractivity contribution in [2.75, 3.05) is 19.9 Å². The molecule has 0 aliphatic carbocycles. The van der Waals surface area contributed by atoms with Crippen molar-refractivity contribution in [1.82, 2.24) is 4.90 Å². The third kappa shape index (κ3) is 4.99. The molecule has 0 atom stereocenters. The third-order valence-electron chi connectivity index (χ3n) is 3.15. The van der Waals surface area contributed by atoms with E-state index in [1.54, 1.807) is 30.5 Å². The van der Waals surface area contributed by atoms with Gasteiger partial charge in [0.2, 0.25) is 0 Å². The van der Waals surface area contributed by atoms with Gasteiger partial charge in [0.25, 0.3) is 5.91 Å². The summed E-state index contributed by atoms with van der Waals surface area (Å²) in [6.07, 6.45) is 1.90. The largest absolute Gasteiger partial charge is 0.452 e. The van der Waals surface area contributed by atoms with E-state index < -0.39 is 5.97 Å². The molecule has 1 aromatic carbocycles. The predicted molar refractivity (Wildman–Crippen MR) is 94.3 cm³/mol. The molecule has 0 aliphatic rings. The Balaban J connectivity index is 1.92. The summed E-state index contributed by atoms with van der Waals surface area (Å²) in [6, 6.07) is 7.08. The lowest BCUT2D eigenvalue weighted by atomic mass is 10.2. The van der Waals surface area contributed by atoms with Gasteiger partial charge in [0.15, 0.2) is 6.61 Å². The molecule has 0 bridgehead atoms. The SMILES string of the molecule is CSc1ccc(Cl)c(C(=O)OCC(=O)N(C)Cc2ccsc2)c1. The lowest BCUT2D eigenvalue weighted by molar-refractivity contribution is -0.133. The molecule has 2 aromatic rings. The summed E-state index contributed by atoms with van der Waals surface area (Å²) in [5, 5.41) is 4.24. The zero-order valence-corrected chi connectivity index (χ0v) is 15.1. The van der Waals surface area contributed by atoms with Crippen LogP contribution in [0.2, 0.25) is 5.02 Å². The van der Waals surface area contributed by atoms with Crippen LogP contribution in [0.5, 0.6) is 0 Å². The fraction of sp³-hybridized carbons (Fsp3) is 0.250. The van der Waals surface area contributed by atoms with Crippen LogP contribution in [-0.2, 0) is 16.1 Å². The Labute approximate surface area is 148 Å². The number of hydrogen-bond acceptors (Lipinski definition) is 5. The Bertz CT molecular complexity index is 689. The Morgan fingerprint density at radius 3 is 2.78 bits per heavy atom. The number of ether oxygens (including phenoxy) is 1. The number of amides is 1. The lowest BCUT2D eigenvalue weighted by Crippen LogP contribution is -2.30. The number of carbonyl (C=O) groups is 2. The second kappa shape index (κ2) is 8.38. The van der Waals surface area contributed by atoms with Crippen molar-refractivity contribution in [3.05, 3.63) is 51.2 Å². The van der Waals surface area contributed by atoms with E-state index in [1.165, 1.54) is 16.7 Å². The second-order valence-corrected chi connectivity index (χ2v) is 6.87. The van der Waals surface area contributed by atoms with Crippen LogP contribution in [0.1, 0.15) is 15.9 Å². The normalized spacial score (nSPS) is 10.4. The van der Waals surface area contributed by atoms with Gasteiger partial charge in [0.1, 0.15) is 0 Å². The highest BCUT2D eigenvalue weighted by atomic mass is 35.5. The first-order valence-electron chi connectivity index (χ1n) is 6.77. The van der Waals surface area contributed by atoms with Crippen LogP contribution in [0.25, 0.3) is 0 Å². The van der Waals surface area contributed by atoms with E-state index in [0.29, 0.717) is 11.6 Å². The number of benzene rings is 1. The molecule has 0 spiro atoms. The minimum atomic E-state index is -0.594. The number of rotatable bonds is 6. The predicted octanol–water partition coefficient (Wildman–Crippen LogP) is 3.94. The maximum absolute atomic E-state index is 12.1. The van der Waals surface area contributed by atoms with Crippen LogP contribution in [0.15, 0.2) is 39.9 Å². The number of nitrogens with zero attached hydrogens (tertiary/aromatic N) is 1. The van der Waals surface area contributed by atoms with Crippen molar-refractivity contribution < 1.29 is 14.3 Å². The average molecular weight is 370 g/mol. The van der Waals surface area contributed by atoms with E-state index in [9.17, 15) is 9.59 Å². The molecule has 2 rings (SSSR count).